The van der Waals surface area contributed by atoms with E-state index >= 15 is 0 Å². The number of oxazole rings is 1. The standard InChI is InChI=1S/C14H17N3O3/c15-12(18)11(9-5-2-1-3-6-9)17-13-10(20-14(17)19)7-4-8-16-13/h4,7-9,11H,1-3,5-6H2,(H2,15,18). The quantitative estimate of drug-likeness (QED) is 0.920. The normalized spacial score (nSPS) is 18.2. The summed E-state index contributed by atoms with van der Waals surface area (Å²) in [5.41, 5.74) is 6.33. The number of hydrogen-bond acceptors (Lipinski definition) is 4. The molecule has 2 aromatic rings. The molecule has 6 nitrogen and oxygen atoms in total. The van der Waals surface area contributed by atoms with Crippen LogP contribution in [0.15, 0.2) is 27.5 Å². The summed E-state index contributed by atoms with van der Waals surface area (Å²) in [5, 5.41) is 0. The number of hydrogen-bond donors (Lipinski definition) is 1. The molecule has 1 atom stereocenters. The predicted octanol–water partition coefficient (Wildman–Crippen LogP) is 1.60. The molecule has 0 saturated heterocycles. The lowest BCUT2D eigenvalue weighted by Gasteiger charge is -2.28. The van der Waals surface area contributed by atoms with Crippen LogP contribution in [-0.2, 0) is 4.79 Å². The van der Waals surface area contributed by atoms with Crippen LogP contribution < -0.4 is 11.5 Å². The van der Waals surface area contributed by atoms with Gasteiger partial charge in [0.1, 0.15) is 6.04 Å². The second-order valence-corrected chi connectivity index (χ2v) is 5.31. The van der Waals surface area contributed by atoms with E-state index in [0.717, 1.165) is 25.7 Å². The molecule has 0 bridgehead atoms. The van der Waals surface area contributed by atoms with E-state index in [2.05, 4.69) is 4.98 Å². The minimum Gasteiger partial charge on any atom is -0.406 e. The zero-order chi connectivity index (χ0) is 14.1. The van der Waals surface area contributed by atoms with Gasteiger partial charge in [-0.15, -0.1) is 0 Å². The first-order valence-corrected chi connectivity index (χ1v) is 6.94. The number of pyridine rings is 1. The Morgan fingerprint density at radius 3 is 2.85 bits per heavy atom. The van der Waals surface area contributed by atoms with E-state index in [1.165, 1.54) is 11.0 Å². The van der Waals surface area contributed by atoms with Gasteiger partial charge >= 0.3 is 5.76 Å². The summed E-state index contributed by atoms with van der Waals surface area (Å²) >= 11 is 0. The first-order chi connectivity index (χ1) is 9.68. The van der Waals surface area contributed by atoms with Gasteiger partial charge in [0, 0.05) is 6.20 Å². The SMILES string of the molecule is NC(=O)C(C1CCCCC1)n1c(=O)oc2cccnc21. The smallest absolute Gasteiger partial charge is 0.406 e. The predicted molar refractivity (Wildman–Crippen MR) is 73.1 cm³/mol. The van der Waals surface area contributed by atoms with E-state index in [1.807, 2.05) is 0 Å². The fraction of sp³-hybridized carbons (Fsp3) is 0.500. The van der Waals surface area contributed by atoms with Crippen molar-refractivity contribution < 1.29 is 9.21 Å². The molecule has 2 aromatic heterocycles. The second-order valence-electron chi connectivity index (χ2n) is 5.31. The lowest BCUT2D eigenvalue weighted by atomic mass is 9.83. The number of carbonyl (C=O) groups excluding carboxylic acids is 1. The van der Waals surface area contributed by atoms with Gasteiger partial charge in [-0.3, -0.25) is 4.79 Å². The molecule has 1 aliphatic carbocycles. The Labute approximate surface area is 115 Å². The van der Waals surface area contributed by atoms with Gasteiger partial charge in [-0.25, -0.2) is 14.3 Å². The molecule has 6 heteroatoms. The zero-order valence-corrected chi connectivity index (χ0v) is 11.1. The van der Waals surface area contributed by atoms with Gasteiger partial charge in [-0.1, -0.05) is 19.3 Å². The van der Waals surface area contributed by atoms with Crippen molar-refractivity contribution >= 4 is 17.1 Å². The fourth-order valence-corrected chi connectivity index (χ4v) is 3.14. The van der Waals surface area contributed by atoms with Crippen molar-refractivity contribution in [1.29, 1.82) is 0 Å². The van der Waals surface area contributed by atoms with Crippen molar-refractivity contribution in [2.24, 2.45) is 11.7 Å². The maximum absolute atomic E-state index is 12.1. The monoisotopic (exact) mass is 275 g/mol. The summed E-state index contributed by atoms with van der Waals surface area (Å²) in [6, 6.07) is 2.69. The summed E-state index contributed by atoms with van der Waals surface area (Å²) in [5.74, 6) is -0.970. The number of carbonyl (C=O) groups is 1. The van der Waals surface area contributed by atoms with Crippen LogP contribution in [0.25, 0.3) is 11.2 Å². The van der Waals surface area contributed by atoms with Crippen LogP contribution in [0.4, 0.5) is 0 Å². The van der Waals surface area contributed by atoms with Crippen molar-refractivity contribution in [3.05, 3.63) is 28.9 Å². The van der Waals surface area contributed by atoms with E-state index in [1.54, 1.807) is 18.3 Å². The number of nitrogens with zero attached hydrogens (tertiary/aromatic N) is 2. The average Bonchev–Trinajstić information content (AvgIpc) is 2.77. The van der Waals surface area contributed by atoms with Gasteiger partial charge in [0.05, 0.1) is 0 Å². The molecule has 2 N–H and O–H groups in total. The molecule has 0 spiro atoms. The zero-order valence-electron chi connectivity index (χ0n) is 11.1. The van der Waals surface area contributed by atoms with Crippen LogP contribution in [0.1, 0.15) is 38.1 Å². The highest BCUT2D eigenvalue weighted by Gasteiger charge is 2.33. The largest absolute Gasteiger partial charge is 0.421 e. The molecule has 1 fully saturated rings. The molecule has 1 aliphatic rings. The van der Waals surface area contributed by atoms with Crippen LogP contribution >= 0.6 is 0 Å². The van der Waals surface area contributed by atoms with Crippen LogP contribution in [0.2, 0.25) is 0 Å². The Hall–Kier alpha value is -2.11. The molecular formula is C14H17N3O3. The summed E-state index contributed by atoms with van der Waals surface area (Å²) in [6.07, 6.45) is 6.67. The van der Waals surface area contributed by atoms with Gasteiger partial charge in [-0.05, 0) is 30.9 Å². The van der Waals surface area contributed by atoms with Crippen molar-refractivity contribution in [2.45, 2.75) is 38.1 Å². The van der Waals surface area contributed by atoms with Crippen LogP contribution in [0.3, 0.4) is 0 Å². The molecule has 1 amide bonds. The van der Waals surface area contributed by atoms with E-state index in [-0.39, 0.29) is 5.92 Å². The lowest BCUT2D eigenvalue weighted by molar-refractivity contribution is -0.123. The number of primary amides is 1. The Morgan fingerprint density at radius 1 is 1.40 bits per heavy atom. The van der Waals surface area contributed by atoms with Crippen molar-refractivity contribution in [2.75, 3.05) is 0 Å². The summed E-state index contributed by atoms with van der Waals surface area (Å²) in [4.78, 5) is 28.1. The molecular weight excluding hydrogens is 258 g/mol. The van der Waals surface area contributed by atoms with Crippen molar-refractivity contribution in [1.82, 2.24) is 9.55 Å². The minimum absolute atomic E-state index is 0.0850. The average molecular weight is 275 g/mol. The molecule has 0 radical (unpaired) electrons. The van der Waals surface area contributed by atoms with Crippen LogP contribution in [0.5, 0.6) is 0 Å². The Bertz CT molecular complexity index is 682. The Morgan fingerprint density at radius 2 is 2.15 bits per heavy atom. The number of aromatic nitrogens is 2. The highest BCUT2D eigenvalue weighted by Crippen LogP contribution is 2.33. The minimum atomic E-state index is -0.668. The summed E-state index contributed by atoms with van der Waals surface area (Å²) in [7, 11) is 0. The van der Waals surface area contributed by atoms with Gasteiger partial charge in [0.2, 0.25) is 5.91 Å². The van der Waals surface area contributed by atoms with Gasteiger partial charge in [0.15, 0.2) is 11.2 Å². The number of fused-ring (bicyclic) bond motifs is 1. The molecule has 2 heterocycles. The van der Waals surface area contributed by atoms with Gasteiger partial charge in [-0.2, -0.15) is 0 Å². The molecule has 106 valence electrons. The third kappa shape index (κ3) is 2.11. The second kappa shape index (κ2) is 5.11. The first kappa shape index (κ1) is 12.9. The molecule has 0 aromatic carbocycles. The van der Waals surface area contributed by atoms with Crippen LogP contribution in [-0.4, -0.2) is 15.5 Å². The molecule has 0 aliphatic heterocycles. The van der Waals surface area contributed by atoms with Gasteiger partial charge in [0.25, 0.3) is 0 Å². The number of nitrogens with two attached hydrogens (primary N) is 1. The van der Waals surface area contributed by atoms with Gasteiger partial charge < -0.3 is 10.2 Å². The number of amides is 1. The van der Waals surface area contributed by atoms with Crippen molar-refractivity contribution in [3.8, 4) is 0 Å². The van der Waals surface area contributed by atoms with E-state index in [0.29, 0.717) is 11.2 Å². The Balaban J connectivity index is 2.12. The van der Waals surface area contributed by atoms with E-state index < -0.39 is 17.7 Å². The fourth-order valence-electron chi connectivity index (χ4n) is 3.14. The number of rotatable bonds is 3. The van der Waals surface area contributed by atoms with Crippen molar-refractivity contribution in [3.63, 3.8) is 0 Å². The highest BCUT2D eigenvalue weighted by atomic mass is 16.4. The maximum atomic E-state index is 12.1. The molecule has 1 saturated carbocycles. The molecule has 3 rings (SSSR count). The van der Waals surface area contributed by atoms with Crippen LogP contribution in [0, 0.1) is 5.92 Å². The Kier molecular flexibility index (Phi) is 3.30. The third-order valence-corrected chi connectivity index (χ3v) is 4.04. The van der Waals surface area contributed by atoms with E-state index in [9.17, 15) is 9.59 Å². The topological polar surface area (TPSA) is 91.1 Å². The lowest BCUT2D eigenvalue weighted by Crippen LogP contribution is -2.37. The molecule has 20 heavy (non-hydrogen) atoms. The molecule has 1 unspecified atom stereocenters. The summed E-state index contributed by atoms with van der Waals surface area (Å²) in [6.45, 7) is 0. The maximum Gasteiger partial charge on any atom is 0.421 e. The first-order valence-electron chi connectivity index (χ1n) is 6.94. The van der Waals surface area contributed by atoms with E-state index in [4.69, 9.17) is 10.2 Å². The third-order valence-electron chi connectivity index (χ3n) is 4.04. The summed E-state index contributed by atoms with van der Waals surface area (Å²) < 4.78 is 6.49. The highest BCUT2D eigenvalue weighted by molar-refractivity contribution is 5.81.